The second-order valence-electron chi connectivity index (χ2n) is 5.95. The first-order valence-corrected chi connectivity index (χ1v) is 7.98. The maximum absolute atomic E-state index is 12.2. The van der Waals surface area contributed by atoms with Gasteiger partial charge in [-0.25, -0.2) is 0 Å². The molecule has 128 valence electrons. The zero-order valence-corrected chi connectivity index (χ0v) is 14.0. The van der Waals surface area contributed by atoms with Crippen LogP contribution in [-0.4, -0.2) is 44.7 Å². The Morgan fingerprint density at radius 3 is 2.71 bits per heavy atom. The van der Waals surface area contributed by atoms with E-state index in [1.54, 1.807) is 6.26 Å². The highest BCUT2D eigenvalue weighted by atomic mass is 16.6. The summed E-state index contributed by atoms with van der Waals surface area (Å²) in [4.78, 5) is 14.3. The topological polar surface area (TPSA) is 63.9 Å². The van der Waals surface area contributed by atoms with Gasteiger partial charge in [0.1, 0.15) is 19.0 Å². The van der Waals surface area contributed by atoms with Crippen molar-refractivity contribution in [1.82, 2.24) is 10.2 Å². The summed E-state index contributed by atoms with van der Waals surface area (Å²) in [6.07, 6.45) is 1.94. The van der Waals surface area contributed by atoms with Crippen LogP contribution in [0, 0.1) is 0 Å². The van der Waals surface area contributed by atoms with Crippen LogP contribution in [0.1, 0.15) is 17.4 Å². The number of likely N-dealkylation sites (N-methyl/N-ethyl adjacent to an activating group) is 1. The highest BCUT2D eigenvalue weighted by Crippen LogP contribution is 2.30. The number of carbonyl (C=O) groups excluding carboxylic acids is 1. The fourth-order valence-electron chi connectivity index (χ4n) is 2.67. The first kappa shape index (κ1) is 16.4. The minimum atomic E-state index is -0.0370. The van der Waals surface area contributed by atoms with Gasteiger partial charge in [-0.15, -0.1) is 0 Å². The normalized spacial score (nSPS) is 14.5. The van der Waals surface area contributed by atoms with Crippen molar-refractivity contribution in [1.29, 1.82) is 0 Å². The number of nitrogens with zero attached hydrogens (tertiary/aromatic N) is 1. The molecule has 2 aromatic rings. The largest absolute Gasteiger partial charge is 0.486 e. The Balaban J connectivity index is 1.57. The van der Waals surface area contributed by atoms with E-state index in [0.29, 0.717) is 31.9 Å². The van der Waals surface area contributed by atoms with E-state index in [-0.39, 0.29) is 11.9 Å². The molecule has 0 fully saturated rings. The molecular formula is C18H22N2O4. The molecule has 1 atom stereocenters. The van der Waals surface area contributed by atoms with Crippen LogP contribution in [-0.2, 0) is 11.2 Å². The summed E-state index contributed by atoms with van der Waals surface area (Å²) >= 11 is 0. The average molecular weight is 330 g/mol. The number of hydrogen-bond donors (Lipinski definition) is 1. The second-order valence-corrected chi connectivity index (χ2v) is 5.95. The number of hydrogen-bond acceptors (Lipinski definition) is 5. The van der Waals surface area contributed by atoms with E-state index in [1.807, 2.05) is 49.3 Å². The SMILES string of the molecule is CN(C)C(CNC(=O)Cc1ccc2c(c1)OCCO2)c1ccco1. The Hall–Kier alpha value is -2.47. The van der Waals surface area contributed by atoms with Crippen LogP contribution in [0.3, 0.4) is 0 Å². The Labute approximate surface area is 141 Å². The van der Waals surface area contributed by atoms with E-state index in [9.17, 15) is 4.79 Å². The summed E-state index contributed by atoms with van der Waals surface area (Å²) in [5.41, 5.74) is 0.899. The third-order valence-electron chi connectivity index (χ3n) is 3.96. The van der Waals surface area contributed by atoms with Crippen LogP contribution >= 0.6 is 0 Å². The minimum absolute atomic E-state index is 0.00390. The van der Waals surface area contributed by atoms with Gasteiger partial charge in [-0.1, -0.05) is 6.07 Å². The van der Waals surface area contributed by atoms with Crippen molar-refractivity contribution in [3.05, 3.63) is 47.9 Å². The summed E-state index contributed by atoms with van der Waals surface area (Å²) in [6.45, 7) is 1.59. The monoisotopic (exact) mass is 330 g/mol. The average Bonchev–Trinajstić information content (AvgIpc) is 3.09. The predicted molar refractivity (Wildman–Crippen MR) is 89.3 cm³/mol. The van der Waals surface area contributed by atoms with E-state index in [1.165, 1.54) is 0 Å². The van der Waals surface area contributed by atoms with E-state index < -0.39 is 0 Å². The minimum Gasteiger partial charge on any atom is -0.486 e. The van der Waals surface area contributed by atoms with Crippen molar-refractivity contribution in [2.75, 3.05) is 33.9 Å². The molecule has 0 saturated heterocycles. The molecule has 6 nitrogen and oxygen atoms in total. The number of ether oxygens (including phenoxy) is 2. The van der Waals surface area contributed by atoms with Gasteiger partial charge in [-0.2, -0.15) is 0 Å². The van der Waals surface area contributed by atoms with Crippen molar-refractivity contribution < 1.29 is 18.7 Å². The number of furan rings is 1. The number of fused-ring (bicyclic) bond motifs is 1. The molecule has 1 unspecified atom stereocenters. The van der Waals surface area contributed by atoms with Gasteiger partial charge in [0.05, 0.1) is 18.7 Å². The lowest BCUT2D eigenvalue weighted by atomic mass is 10.1. The number of amides is 1. The highest BCUT2D eigenvalue weighted by Gasteiger charge is 2.18. The van der Waals surface area contributed by atoms with E-state index in [4.69, 9.17) is 13.9 Å². The van der Waals surface area contributed by atoms with Crippen LogP contribution in [0.15, 0.2) is 41.0 Å². The van der Waals surface area contributed by atoms with Gasteiger partial charge >= 0.3 is 0 Å². The van der Waals surface area contributed by atoms with Crippen LogP contribution in [0.4, 0.5) is 0 Å². The Kier molecular flexibility index (Phi) is 5.05. The number of benzene rings is 1. The van der Waals surface area contributed by atoms with Gasteiger partial charge in [0, 0.05) is 6.54 Å². The smallest absolute Gasteiger partial charge is 0.224 e. The van der Waals surface area contributed by atoms with E-state index in [2.05, 4.69) is 5.32 Å². The van der Waals surface area contributed by atoms with Crippen LogP contribution in [0.5, 0.6) is 11.5 Å². The van der Waals surface area contributed by atoms with Gasteiger partial charge in [-0.3, -0.25) is 9.69 Å². The van der Waals surface area contributed by atoms with Gasteiger partial charge in [0.25, 0.3) is 0 Å². The molecule has 0 radical (unpaired) electrons. The molecule has 0 bridgehead atoms. The van der Waals surface area contributed by atoms with E-state index in [0.717, 1.165) is 17.1 Å². The van der Waals surface area contributed by atoms with Crippen molar-refractivity contribution in [2.24, 2.45) is 0 Å². The quantitative estimate of drug-likeness (QED) is 0.878. The lowest BCUT2D eigenvalue weighted by molar-refractivity contribution is -0.120. The second kappa shape index (κ2) is 7.40. The molecule has 0 saturated carbocycles. The zero-order chi connectivity index (χ0) is 16.9. The maximum Gasteiger partial charge on any atom is 0.224 e. The molecule has 0 spiro atoms. The first-order chi connectivity index (χ1) is 11.6. The van der Waals surface area contributed by atoms with Gasteiger partial charge in [-0.05, 0) is 43.9 Å². The van der Waals surface area contributed by atoms with E-state index >= 15 is 0 Å². The molecule has 2 heterocycles. The summed E-state index contributed by atoms with van der Waals surface area (Å²) in [6, 6.07) is 9.38. The number of rotatable bonds is 6. The predicted octanol–water partition coefficient (Wildman–Crippen LogP) is 2.01. The van der Waals surface area contributed by atoms with Gasteiger partial charge in [0.2, 0.25) is 5.91 Å². The van der Waals surface area contributed by atoms with Gasteiger partial charge in [0.15, 0.2) is 11.5 Å². The molecule has 1 amide bonds. The lowest BCUT2D eigenvalue weighted by Gasteiger charge is -2.22. The molecule has 1 N–H and O–H groups in total. The highest BCUT2D eigenvalue weighted by molar-refractivity contribution is 5.78. The van der Waals surface area contributed by atoms with Crippen LogP contribution in [0.25, 0.3) is 0 Å². The fraction of sp³-hybridized carbons (Fsp3) is 0.389. The first-order valence-electron chi connectivity index (χ1n) is 7.98. The molecule has 24 heavy (non-hydrogen) atoms. The fourth-order valence-corrected chi connectivity index (χ4v) is 2.67. The lowest BCUT2D eigenvalue weighted by Crippen LogP contribution is -2.35. The Bertz CT molecular complexity index is 682. The van der Waals surface area contributed by atoms with Crippen molar-refractivity contribution in [2.45, 2.75) is 12.5 Å². The third kappa shape index (κ3) is 3.89. The summed E-state index contributed by atoms with van der Waals surface area (Å²) in [5, 5.41) is 2.97. The molecule has 1 aromatic carbocycles. The molecule has 1 aliphatic rings. The third-order valence-corrected chi connectivity index (χ3v) is 3.96. The van der Waals surface area contributed by atoms with Crippen molar-refractivity contribution >= 4 is 5.91 Å². The summed E-state index contributed by atoms with van der Waals surface area (Å²) in [5.74, 6) is 2.23. The van der Waals surface area contributed by atoms with Crippen molar-refractivity contribution in [3.8, 4) is 11.5 Å². The Morgan fingerprint density at radius 2 is 2.00 bits per heavy atom. The van der Waals surface area contributed by atoms with Gasteiger partial charge < -0.3 is 19.2 Å². The number of nitrogens with one attached hydrogen (secondary N) is 1. The molecule has 0 aliphatic carbocycles. The molecular weight excluding hydrogens is 308 g/mol. The standard InChI is InChI=1S/C18H22N2O4/c1-20(2)14(15-4-3-7-22-15)12-19-18(21)11-13-5-6-16-17(10-13)24-9-8-23-16/h3-7,10,14H,8-9,11-12H2,1-2H3,(H,19,21). The Morgan fingerprint density at radius 1 is 1.21 bits per heavy atom. The van der Waals surface area contributed by atoms with Crippen LogP contribution < -0.4 is 14.8 Å². The molecule has 3 rings (SSSR count). The summed E-state index contributed by atoms with van der Waals surface area (Å²) < 4.78 is 16.5. The molecule has 6 heteroatoms. The van der Waals surface area contributed by atoms with Crippen LogP contribution in [0.2, 0.25) is 0 Å². The van der Waals surface area contributed by atoms with Crippen molar-refractivity contribution in [3.63, 3.8) is 0 Å². The molecule has 1 aromatic heterocycles. The zero-order valence-electron chi connectivity index (χ0n) is 14.0. The molecule has 1 aliphatic heterocycles. The summed E-state index contributed by atoms with van der Waals surface area (Å²) in [7, 11) is 3.92. The maximum atomic E-state index is 12.2. The number of carbonyl (C=O) groups is 1.